The number of pyridine rings is 1. The van der Waals surface area contributed by atoms with Crippen molar-refractivity contribution in [2.75, 3.05) is 17.4 Å². The molecule has 0 spiro atoms. The van der Waals surface area contributed by atoms with Gasteiger partial charge >= 0.3 is 0 Å². The van der Waals surface area contributed by atoms with E-state index < -0.39 is 0 Å². The van der Waals surface area contributed by atoms with Gasteiger partial charge in [-0.05, 0) is 86.6 Å². The molecular weight excluding hydrogens is 366 g/mol. The Kier molecular flexibility index (Phi) is 3.76. The van der Waals surface area contributed by atoms with Gasteiger partial charge in [0.05, 0.1) is 11.9 Å². The maximum Gasteiger partial charge on any atom is 0.255 e. The molecule has 150 valence electrons. The largest absolute Gasteiger partial charge is 0.454 e. The molecule has 4 bridgehead atoms. The number of aromatic nitrogens is 1. The molecule has 2 aromatic rings. The number of benzene rings is 1. The number of fused-ring (bicyclic) bond motifs is 1. The zero-order valence-corrected chi connectivity index (χ0v) is 16.3. The number of anilines is 2. The van der Waals surface area contributed by atoms with Crippen LogP contribution in [0.25, 0.3) is 0 Å². The fraction of sp³-hybridized carbons (Fsp3) is 0.478. The Balaban J connectivity index is 1.13. The molecule has 4 aliphatic carbocycles. The summed E-state index contributed by atoms with van der Waals surface area (Å²) in [4.78, 5) is 17.1. The molecule has 2 heterocycles. The van der Waals surface area contributed by atoms with Gasteiger partial charge in [-0.25, -0.2) is 4.98 Å². The normalized spacial score (nSPS) is 31.0. The lowest BCUT2D eigenvalue weighted by Crippen LogP contribution is -2.54. The first-order valence-corrected chi connectivity index (χ1v) is 10.6. The Morgan fingerprint density at radius 1 is 0.966 bits per heavy atom. The van der Waals surface area contributed by atoms with Gasteiger partial charge in [-0.2, -0.15) is 0 Å². The molecule has 1 aliphatic heterocycles. The fourth-order valence-electron chi connectivity index (χ4n) is 6.32. The number of hydrogen-bond donors (Lipinski definition) is 2. The van der Waals surface area contributed by atoms with Crippen LogP contribution < -0.4 is 20.1 Å². The highest BCUT2D eigenvalue weighted by molar-refractivity contribution is 6.04. The smallest absolute Gasteiger partial charge is 0.255 e. The molecule has 0 radical (unpaired) electrons. The van der Waals surface area contributed by atoms with Crippen LogP contribution in [0.2, 0.25) is 0 Å². The molecule has 0 atom stereocenters. The third kappa shape index (κ3) is 3.11. The van der Waals surface area contributed by atoms with Crippen molar-refractivity contribution in [1.82, 2.24) is 4.98 Å². The summed E-state index contributed by atoms with van der Waals surface area (Å²) in [6.45, 7) is 0.197. The molecule has 1 aromatic heterocycles. The third-order valence-electron chi connectivity index (χ3n) is 7.09. The summed E-state index contributed by atoms with van der Waals surface area (Å²) in [5.41, 5.74) is 1.45. The molecule has 6 heteroatoms. The number of amides is 1. The second kappa shape index (κ2) is 6.37. The Bertz CT molecular complexity index is 921. The van der Waals surface area contributed by atoms with Crippen molar-refractivity contribution >= 4 is 17.4 Å². The van der Waals surface area contributed by atoms with E-state index in [2.05, 4.69) is 15.6 Å². The zero-order valence-electron chi connectivity index (χ0n) is 16.3. The van der Waals surface area contributed by atoms with Crippen LogP contribution in [0, 0.1) is 17.8 Å². The van der Waals surface area contributed by atoms with E-state index in [1.54, 1.807) is 24.4 Å². The summed E-state index contributed by atoms with van der Waals surface area (Å²) in [5.74, 6) is 4.69. The van der Waals surface area contributed by atoms with Gasteiger partial charge < -0.3 is 20.1 Å². The minimum absolute atomic E-state index is 0.188. The van der Waals surface area contributed by atoms with E-state index in [1.165, 1.54) is 38.5 Å². The molecule has 4 fully saturated rings. The zero-order chi connectivity index (χ0) is 19.4. The Hall–Kier alpha value is -2.76. The van der Waals surface area contributed by atoms with Gasteiger partial charge in [0, 0.05) is 11.1 Å². The molecule has 1 aromatic carbocycles. The average Bonchev–Trinajstić information content (AvgIpc) is 3.16. The van der Waals surface area contributed by atoms with Crippen molar-refractivity contribution in [2.45, 2.75) is 44.1 Å². The number of nitrogens with one attached hydrogen (secondary N) is 2. The van der Waals surface area contributed by atoms with Crippen molar-refractivity contribution in [1.29, 1.82) is 0 Å². The molecule has 4 saturated carbocycles. The van der Waals surface area contributed by atoms with Crippen molar-refractivity contribution in [3.8, 4) is 11.5 Å². The summed E-state index contributed by atoms with van der Waals surface area (Å²) in [6, 6.07) is 9.09. The van der Waals surface area contributed by atoms with E-state index in [4.69, 9.17) is 9.47 Å². The van der Waals surface area contributed by atoms with Crippen LogP contribution in [-0.2, 0) is 0 Å². The summed E-state index contributed by atoms with van der Waals surface area (Å²) in [7, 11) is 0. The molecular formula is C23H25N3O3. The molecule has 29 heavy (non-hydrogen) atoms. The minimum Gasteiger partial charge on any atom is -0.454 e. The SMILES string of the molecule is O=C(Nc1ccc(NC23CC4CC(CC(C4)C2)C3)nc1)c1ccc2c(c1)OCO2. The number of nitrogens with zero attached hydrogens (tertiary/aromatic N) is 1. The molecule has 2 N–H and O–H groups in total. The maximum absolute atomic E-state index is 12.5. The topological polar surface area (TPSA) is 72.5 Å². The first-order valence-electron chi connectivity index (χ1n) is 10.6. The number of carbonyl (C=O) groups excluding carboxylic acids is 1. The van der Waals surface area contributed by atoms with E-state index in [0.717, 1.165) is 23.6 Å². The summed E-state index contributed by atoms with van der Waals surface area (Å²) >= 11 is 0. The number of ether oxygens (including phenoxy) is 2. The third-order valence-corrected chi connectivity index (χ3v) is 7.09. The highest BCUT2D eigenvalue weighted by atomic mass is 16.7. The lowest BCUT2D eigenvalue weighted by atomic mass is 9.53. The fourth-order valence-corrected chi connectivity index (χ4v) is 6.32. The van der Waals surface area contributed by atoms with Gasteiger partial charge in [-0.3, -0.25) is 4.79 Å². The lowest BCUT2D eigenvalue weighted by molar-refractivity contribution is 0.0105. The second-order valence-electron chi connectivity index (χ2n) is 9.28. The quantitative estimate of drug-likeness (QED) is 0.806. The van der Waals surface area contributed by atoms with E-state index in [1.807, 2.05) is 12.1 Å². The standard InChI is InChI=1S/C23H25N3O3/c27-22(17-1-3-19-20(8-17)29-13-28-19)25-18-2-4-21(24-12-18)26-23-9-14-5-15(10-23)7-16(6-14)11-23/h1-4,8,12,14-16H,5-7,9-11,13H2,(H,24,26)(H,25,27). The van der Waals surface area contributed by atoms with Gasteiger partial charge in [0.15, 0.2) is 11.5 Å². The Morgan fingerprint density at radius 3 is 2.38 bits per heavy atom. The predicted octanol–water partition coefficient (Wildman–Crippen LogP) is 4.44. The van der Waals surface area contributed by atoms with Crippen molar-refractivity contribution in [2.24, 2.45) is 17.8 Å². The van der Waals surface area contributed by atoms with Crippen molar-refractivity contribution < 1.29 is 14.3 Å². The molecule has 5 aliphatic rings. The van der Waals surface area contributed by atoms with Crippen LogP contribution in [0.15, 0.2) is 36.5 Å². The molecule has 0 unspecified atom stereocenters. The first kappa shape index (κ1) is 17.1. The molecule has 1 amide bonds. The van der Waals surface area contributed by atoms with Gasteiger partial charge in [0.2, 0.25) is 6.79 Å². The van der Waals surface area contributed by atoms with E-state index in [9.17, 15) is 4.79 Å². The van der Waals surface area contributed by atoms with Gasteiger partial charge in [0.25, 0.3) is 5.91 Å². The van der Waals surface area contributed by atoms with Crippen LogP contribution in [0.1, 0.15) is 48.9 Å². The van der Waals surface area contributed by atoms with Crippen molar-refractivity contribution in [3.63, 3.8) is 0 Å². The van der Waals surface area contributed by atoms with Gasteiger partial charge in [-0.1, -0.05) is 0 Å². The van der Waals surface area contributed by atoms with Crippen LogP contribution >= 0.6 is 0 Å². The van der Waals surface area contributed by atoms with Gasteiger partial charge in [0.1, 0.15) is 5.82 Å². The monoisotopic (exact) mass is 391 g/mol. The maximum atomic E-state index is 12.5. The summed E-state index contributed by atoms with van der Waals surface area (Å²) in [6.07, 6.45) is 9.86. The predicted molar refractivity (Wildman–Crippen MR) is 109 cm³/mol. The summed E-state index contributed by atoms with van der Waals surface area (Å²) in [5, 5.41) is 6.68. The minimum atomic E-state index is -0.188. The summed E-state index contributed by atoms with van der Waals surface area (Å²) < 4.78 is 10.6. The highest BCUT2D eigenvalue weighted by Crippen LogP contribution is 2.56. The number of carbonyl (C=O) groups is 1. The Labute approximate surface area is 170 Å². The van der Waals surface area contributed by atoms with E-state index in [-0.39, 0.29) is 18.2 Å². The van der Waals surface area contributed by atoms with Crippen LogP contribution in [0.3, 0.4) is 0 Å². The molecule has 0 saturated heterocycles. The van der Waals surface area contributed by atoms with Crippen LogP contribution in [-0.4, -0.2) is 23.2 Å². The first-order chi connectivity index (χ1) is 14.1. The second-order valence-corrected chi connectivity index (χ2v) is 9.28. The van der Waals surface area contributed by atoms with E-state index in [0.29, 0.717) is 22.7 Å². The Morgan fingerprint density at radius 2 is 1.69 bits per heavy atom. The lowest BCUT2D eigenvalue weighted by Gasteiger charge is -2.57. The highest BCUT2D eigenvalue weighted by Gasteiger charge is 2.51. The molecule has 6 nitrogen and oxygen atoms in total. The van der Waals surface area contributed by atoms with Crippen LogP contribution in [0.5, 0.6) is 11.5 Å². The average molecular weight is 391 g/mol. The van der Waals surface area contributed by atoms with Gasteiger partial charge in [-0.15, -0.1) is 0 Å². The number of rotatable bonds is 4. The number of hydrogen-bond acceptors (Lipinski definition) is 5. The van der Waals surface area contributed by atoms with Crippen molar-refractivity contribution in [3.05, 3.63) is 42.1 Å². The van der Waals surface area contributed by atoms with Crippen LogP contribution in [0.4, 0.5) is 11.5 Å². The molecule has 7 rings (SSSR count). The van der Waals surface area contributed by atoms with E-state index >= 15 is 0 Å².